The van der Waals surface area contributed by atoms with E-state index >= 15 is 0 Å². The predicted octanol–water partition coefficient (Wildman–Crippen LogP) is 1.21. The number of fused-ring (bicyclic) bond motifs is 3. The largest absolute Gasteiger partial charge is 0.507 e. The molecule has 1 amide bonds. The Morgan fingerprint density at radius 1 is 1.26 bits per heavy atom. The third-order valence-corrected chi connectivity index (χ3v) is 4.68. The highest BCUT2D eigenvalue weighted by molar-refractivity contribution is 5.99. The zero-order valence-electron chi connectivity index (χ0n) is 14.6. The van der Waals surface area contributed by atoms with Gasteiger partial charge in [-0.2, -0.15) is 5.10 Å². The SMILES string of the molecule is Cn1nc(C(N)=O)c2c1-c1nc(CC(=O)c3ccccc3O)ncc1CC2. The molecule has 8 heteroatoms. The number of carbonyl (C=O) groups is 2. The van der Waals surface area contributed by atoms with Gasteiger partial charge in [0.1, 0.15) is 11.6 Å². The summed E-state index contributed by atoms with van der Waals surface area (Å²) in [6.07, 6.45) is 2.96. The van der Waals surface area contributed by atoms with Gasteiger partial charge >= 0.3 is 0 Å². The molecular formula is C19H17N5O3. The lowest BCUT2D eigenvalue weighted by Crippen LogP contribution is -2.16. The Morgan fingerprint density at radius 2 is 2.04 bits per heavy atom. The Kier molecular flexibility index (Phi) is 3.95. The topological polar surface area (TPSA) is 124 Å². The van der Waals surface area contributed by atoms with E-state index in [1.807, 2.05) is 0 Å². The fourth-order valence-corrected chi connectivity index (χ4v) is 3.42. The van der Waals surface area contributed by atoms with Gasteiger partial charge in [-0.15, -0.1) is 0 Å². The standard InChI is InChI=1S/C19H17N5O3/c1-24-18-12(17(23-24)19(20)27)7-6-10-9-21-15(22-16(10)18)8-14(26)11-4-2-3-5-13(11)25/h2-5,9,25H,6-8H2,1H3,(H2,20,27). The van der Waals surface area contributed by atoms with Crippen molar-refractivity contribution >= 4 is 11.7 Å². The summed E-state index contributed by atoms with van der Waals surface area (Å²) in [5.41, 5.74) is 9.01. The van der Waals surface area contributed by atoms with Gasteiger partial charge in [-0.3, -0.25) is 14.3 Å². The minimum absolute atomic E-state index is 0.0410. The van der Waals surface area contributed by atoms with Crippen LogP contribution in [0.2, 0.25) is 0 Å². The lowest BCUT2D eigenvalue weighted by molar-refractivity contribution is 0.0982. The number of nitrogens with two attached hydrogens (primary N) is 1. The van der Waals surface area contributed by atoms with E-state index in [0.29, 0.717) is 24.4 Å². The van der Waals surface area contributed by atoms with Crippen molar-refractivity contribution in [2.75, 3.05) is 0 Å². The van der Waals surface area contributed by atoms with Crippen LogP contribution in [-0.4, -0.2) is 36.5 Å². The minimum atomic E-state index is -0.570. The summed E-state index contributed by atoms with van der Waals surface area (Å²) in [6.45, 7) is 0. The van der Waals surface area contributed by atoms with Gasteiger partial charge in [0.25, 0.3) is 5.91 Å². The van der Waals surface area contributed by atoms with Crippen molar-refractivity contribution < 1.29 is 14.7 Å². The third kappa shape index (κ3) is 2.84. The van der Waals surface area contributed by atoms with Crippen LogP contribution < -0.4 is 5.73 Å². The molecule has 0 fully saturated rings. The molecular weight excluding hydrogens is 346 g/mol. The Labute approximate surface area is 154 Å². The Hall–Kier alpha value is -3.55. The first-order valence-electron chi connectivity index (χ1n) is 8.47. The normalized spacial score (nSPS) is 12.3. The summed E-state index contributed by atoms with van der Waals surface area (Å²) in [4.78, 5) is 33.0. The summed E-state index contributed by atoms with van der Waals surface area (Å²) in [5.74, 6) is -0.566. The van der Waals surface area contributed by atoms with Crippen molar-refractivity contribution in [3.63, 3.8) is 0 Å². The molecule has 2 heterocycles. The number of ketones is 1. The zero-order valence-corrected chi connectivity index (χ0v) is 14.6. The molecule has 0 saturated carbocycles. The fourth-order valence-electron chi connectivity index (χ4n) is 3.42. The minimum Gasteiger partial charge on any atom is -0.507 e. The van der Waals surface area contributed by atoms with E-state index in [9.17, 15) is 14.7 Å². The second-order valence-electron chi connectivity index (χ2n) is 6.44. The molecule has 2 aromatic heterocycles. The van der Waals surface area contributed by atoms with Crippen molar-refractivity contribution in [2.45, 2.75) is 19.3 Å². The number of benzene rings is 1. The number of aromatic hydroxyl groups is 1. The van der Waals surface area contributed by atoms with Crippen molar-refractivity contribution in [1.82, 2.24) is 19.7 Å². The van der Waals surface area contributed by atoms with Crippen LogP contribution in [0.3, 0.4) is 0 Å². The number of carbonyl (C=O) groups excluding carboxylic acids is 2. The van der Waals surface area contributed by atoms with E-state index in [0.717, 1.165) is 16.8 Å². The maximum absolute atomic E-state index is 12.5. The number of hydrogen-bond donors (Lipinski definition) is 2. The molecule has 0 bridgehead atoms. The monoisotopic (exact) mass is 363 g/mol. The smallest absolute Gasteiger partial charge is 0.269 e. The molecule has 0 unspecified atom stereocenters. The highest BCUT2D eigenvalue weighted by atomic mass is 16.3. The molecule has 0 aliphatic heterocycles. The fraction of sp³-hybridized carbons (Fsp3) is 0.211. The molecule has 27 heavy (non-hydrogen) atoms. The van der Waals surface area contributed by atoms with E-state index in [4.69, 9.17) is 5.73 Å². The number of phenols is 1. The summed E-state index contributed by atoms with van der Waals surface area (Å²) in [5, 5.41) is 14.1. The Bertz CT molecular complexity index is 1090. The lowest BCUT2D eigenvalue weighted by Gasteiger charge is -2.17. The maximum atomic E-state index is 12.5. The van der Waals surface area contributed by atoms with Crippen LogP contribution in [0.5, 0.6) is 5.75 Å². The third-order valence-electron chi connectivity index (χ3n) is 4.68. The van der Waals surface area contributed by atoms with Gasteiger partial charge in [-0.1, -0.05) is 12.1 Å². The van der Waals surface area contributed by atoms with Gasteiger partial charge < -0.3 is 10.8 Å². The molecule has 136 valence electrons. The van der Waals surface area contributed by atoms with Gasteiger partial charge in [-0.05, 0) is 30.5 Å². The summed E-state index contributed by atoms with van der Waals surface area (Å²) in [7, 11) is 1.73. The van der Waals surface area contributed by atoms with E-state index in [2.05, 4.69) is 15.1 Å². The van der Waals surface area contributed by atoms with E-state index < -0.39 is 5.91 Å². The molecule has 0 saturated heterocycles. The molecule has 0 atom stereocenters. The number of Topliss-reactive ketones (excluding diaryl/α,β-unsaturated/α-hetero) is 1. The van der Waals surface area contributed by atoms with E-state index in [-0.39, 0.29) is 29.2 Å². The molecule has 3 N–H and O–H groups in total. The average molecular weight is 363 g/mol. The number of primary amides is 1. The number of aromatic nitrogens is 4. The average Bonchev–Trinajstić information content (AvgIpc) is 2.99. The first-order valence-corrected chi connectivity index (χ1v) is 8.47. The maximum Gasteiger partial charge on any atom is 0.269 e. The van der Waals surface area contributed by atoms with E-state index in [1.165, 1.54) is 6.07 Å². The first kappa shape index (κ1) is 16.9. The van der Waals surface area contributed by atoms with Crippen LogP contribution in [0.25, 0.3) is 11.4 Å². The number of nitrogens with zero attached hydrogens (tertiary/aromatic N) is 4. The van der Waals surface area contributed by atoms with Crippen LogP contribution in [-0.2, 0) is 26.3 Å². The lowest BCUT2D eigenvalue weighted by atomic mass is 9.93. The molecule has 8 nitrogen and oxygen atoms in total. The molecule has 1 aromatic carbocycles. The van der Waals surface area contributed by atoms with Crippen molar-refractivity contribution in [2.24, 2.45) is 12.8 Å². The van der Waals surface area contributed by atoms with Crippen LogP contribution in [0.15, 0.2) is 30.5 Å². The number of aryl methyl sites for hydroxylation is 2. The highest BCUT2D eigenvalue weighted by Crippen LogP contribution is 2.33. The summed E-state index contributed by atoms with van der Waals surface area (Å²) < 4.78 is 1.59. The number of para-hydroxylation sites is 1. The predicted molar refractivity (Wildman–Crippen MR) is 96.3 cm³/mol. The molecule has 1 aliphatic carbocycles. The zero-order chi connectivity index (χ0) is 19.1. The van der Waals surface area contributed by atoms with Crippen LogP contribution in [0.1, 0.15) is 37.8 Å². The summed E-state index contributed by atoms with van der Waals surface area (Å²) >= 11 is 0. The molecule has 0 radical (unpaired) electrons. The van der Waals surface area contributed by atoms with E-state index in [1.54, 1.807) is 36.1 Å². The molecule has 1 aliphatic rings. The molecule has 0 spiro atoms. The summed E-state index contributed by atoms with van der Waals surface area (Å²) in [6, 6.07) is 6.37. The second-order valence-corrected chi connectivity index (χ2v) is 6.44. The van der Waals surface area contributed by atoms with Crippen LogP contribution >= 0.6 is 0 Å². The van der Waals surface area contributed by atoms with Crippen LogP contribution in [0.4, 0.5) is 0 Å². The number of rotatable bonds is 4. The number of phenolic OH excluding ortho intramolecular Hbond substituents is 1. The van der Waals surface area contributed by atoms with Crippen molar-refractivity contribution in [1.29, 1.82) is 0 Å². The Morgan fingerprint density at radius 3 is 2.78 bits per heavy atom. The molecule has 3 aromatic rings. The Balaban J connectivity index is 1.72. The highest BCUT2D eigenvalue weighted by Gasteiger charge is 2.28. The van der Waals surface area contributed by atoms with Gasteiger partial charge in [0.05, 0.1) is 23.4 Å². The number of hydrogen-bond acceptors (Lipinski definition) is 6. The van der Waals surface area contributed by atoms with Crippen LogP contribution in [0, 0.1) is 0 Å². The number of amides is 1. The van der Waals surface area contributed by atoms with Gasteiger partial charge in [0.2, 0.25) is 0 Å². The van der Waals surface area contributed by atoms with Gasteiger partial charge in [-0.25, -0.2) is 9.97 Å². The first-order chi connectivity index (χ1) is 13.0. The van der Waals surface area contributed by atoms with Gasteiger partial charge in [0, 0.05) is 18.8 Å². The quantitative estimate of drug-likeness (QED) is 0.671. The molecule has 4 rings (SSSR count). The van der Waals surface area contributed by atoms with Crippen molar-refractivity contribution in [3.05, 3.63) is 58.7 Å². The van der Waals surface area contributed by atoms with Gasteiger partial charge in [0.15, 0.2) is 11.5 Å². The second kappa shape index (κ2) is 6.31. The van der Waals surface area contributed by atoms with Crippen molar-refractivity contribution in [3.8, 4) is 17.1 Å².